The zero-order chi connectivity index (χ0) is 8.59. The molecule has 0 aliphatic carbocycles. The van der Waals surface area contributed by atoms with Crippen LogP contribution in [0.4, 0.5) is 0 Å². The van der Waals surface area contributed by atoms with Crippen LogP contribution in [-0.2, 0) is 0 Å². The van der Waals surface area contributed by atoms with Gasteiger partial charge in [-0.1, -0.05) is 0 Å². The van der Waals surface area contributed by atoms with Crippen LogP contribution in [0.1, 0.15) is 5.56 Å². The van der Waals surface area contributed by atoms with E-state index in [1.54, 1.807) is 0 Å². The van der Waals surface area contributed by atoms with Gasteiger partial charge in [0.05, 0.1) is 0 Å². The van der Waals surface area contributed by atoms with E-state index in [0.717, 1.165) is 13.4 Å². The molecule has 0 saturated carbocycles. The van der Waals surface area contributed by atoms with E-state index < -0.39 is 0 Å². The van der Waals surface area contributed by atoms with Crippen LogP contribution in [0.15, 0.2) is 19.5 Å². The molecule has 1 aromatic carbocycles. The molecule has 0 unspecified atom stereocenters. The minimum Gasteiger partial charge on any atom is -0.0496 e. The zero-order valence-corrected chi connectivity index (χ0v) is 12.5. The molecule has 0 bridgehead atoms. The fraction of sp³-hybridized carbons (Fsp3) is 0.143. The van der Waals surface area contributed by atoms with Crippen molar-refractivity contribution in [2.45, 2.75) is 6.92 Å². The van der Waals surface area contributed by atoms with E-state index >= 15 is 0 Å². The highest BCUT2D eigenvalue weighted by atomic mass is 127. The third kappa shape index (κ3) is 2.19. The molecule has 0 heterocycles. The maximum Gasteiger partial charge on any atom is 0.0358 e. The van der Waals surface area contributed by atoms with Crippen molar-refractivity contribution in [1.82, 2.24) is 0 Å². The fourth-order valence-corrected chi connectivity index (χ4v) is 3.16. The molecular formula is C7H4Br3I. The van der Waals surface area contributed by atoms with E-state index in [-0.39, 0.29) is 0 Å². The van der Waals surface area contributed by atoms with Crippen molar-refractivity contribution in [3.63, 3.8) is 0 Å². The number of rotatable bonds is 0. The molecule has 0 fully saturated rings. The molecular weight excluding hydrogens is 451 g/mol. The Morgan fingerprint density at radius 2 is 1.73 bits per heavy atom. The third-order valence-corrected chi connectivity index (χ3v) is 6.27. The number of hydrogen-bond acceptors (Lipinski definition) is 0. The molecule has 0 aliphatic rings. The molecule has 0 aliphatic heterocycles. The Labute approximate surface area is 105 Å². The predicted octanol–water partition coefficient (Wildman–Crippen LogP) is 4.89. The lowest BCUT2D eigenvalue weighted by Gasteiger charge is -2.05. The number of halogens is 4. The molecule has 1 aromatic rings. The summed E-state index contributed by atoms with van der Waals surface area (Å²) in [7, 11) is 0. The highest BCUT2D eigenvalue weighted by Crippen LogP contribution is 2.34. The molecule has 1 rings (SSSR count). The molecule has 0 atom stereocenters. The van der Waals surface area contributed by atoms with Gasteiger partial charge in [0.25, 0.3) is 0 Å². The minimum absolute atomic E-state index is 1.09. The summed E-state index contributed by atoms with van der Waals surface area (Å²) in [6, 6.07) is 2.04. The van der Waals surface area contributed by atoms with E-state index in [9.17, 15) is 0 Å². The lowest BCUT2D eigenvalue weighted by Crippen LogP contribution is -1.85. The first kappa shape index (κ1) is 10.5. The summed E-state index contributed by atoms with van der Waals surface area (Å²) >= 11 is 12.7. The van der Waals surface area contributed by atoms with Crippen LogP contribution in [0.3, 0.4) is 0 Å². The topological polar surface area (TPSA) is 0 Å². The standard InChI is InChI=1S/C7H4Br3I/c1-3-6(10)4(8)2-5(9)7(3)11/h2H,1H3. The van der Waals surface area contributed by atoms with Crippen molar-refractivity contribution in [3.05, 3.63) is 28.6 Å². The second-order valence-electron chi connectivity index (χ2n) is 2.09. The van der Waals surface area contributed by atoms with Gasteiger partial charge in [-0.2, -0.15) is 0 Å². The predicted molar refractivity (Wildman–Crippen MR) is 67.0 cm³/mol. The van der Waals surface area contributed by atoms with E-state index in [1.807, 2.05) is 6.07 Å². The zero-order valence-electron chi connectivity index (χ0n) is 5.59. The summed E-state index contributed by atoms with van der Waals surface area (Å²) in [5.74, 6) is 0. The van der Waals surface area contributed by atoms with Crippen LogP contribution in [-0.4, -0.2) is 0 Å². The summed E-state index contributed by atoms with van der Waals surface area (Å²) in [6.45, 7) is 2.08. The van der Waals surface area contributed by atoms with E-state index in [4.69, 9.17) is 0 Å². The van der Waals surface area contributed by atoms with Crippen molar-refractivity contribution in [1.29, 1.82) is 0 Å². The second-order valence-corrected chi connectivity index (χ2v) is 5.67. The molecule has 60 valence electrons. The Bertz CT molecular complexity index is 270. The van der Waals surface area contributed by atoms with Crippen LogP contribution >= 0.6 is 70.4 Å². The van der Waals surface area contributed by atoms with E-state index in [0.29, 0.717) is 0 Å². The van der Waals surface area contributed by atoms with Gasteiger partial charge in [0.15, 0.2) is 0 Å². The van der Waals surface area contributed by atoms with E-state index in [2.05, 4.69) is 77.3 Å². The van der Waals surface area contributed by atoms with Gasteiger partial charge in [0, 0.05) is 17.0 Å². The maximum absolute atomic E-state index is 3.49. The molecule has 0 nitrogen and oxygen atoms in total. The molecule has 0 radical (unpaired) electrons. The summed E-state index contributed by atoms with van der Waals surface area (Å²) in [4.78, 5) is 0. The quantitative estimate of drug-likeness (QED) is 0.387. The summed E-state index contributed by atoms with van der Waals surface area (Å²) in [5.41, 5.74) is 1.26. The van der Waals surface area contributed by atoms with Crippen molar-refractivity contribution in [2.75, 3.05) is 0 Å². The van der Waals surface area contributed by atoms with Crippen LogP contribution in [0.25, 0.3) is 0 Å². The summed E-state index contributed by atoms with van der Waals surface area (Å²) in [6.07, 6.45) is 0. The molecule has 0 saturated heterocycles. The van der Waals surface area contributed by atoms with Gasteiger partial charge in [-0.25, -0.2) is 0 Å². The van der Waals surface area contributed by atoms with Gasteiger partial charge in [-0.05, 0) is 88.9 Å². The maximum atomic E-state index is 3.49. The van der Waals surface area contributed by atoms with E-state index in [1.165, 1.54) is 9.13 Å². The van der Waals surface area contributed by atoms with Gasteiger partial charge in [0.2, 0.25) is 0 Å². The molecule has 0 aromatic heterocycles. The molecule has 0 N–H and O–H groups in total. The van der Waals surface area contributed by atoms with Crippen LogP contribution in [0, 0.1) is 10.5 Å². The Hall–Kier alpha value is 1.39. The number of hydrogen-bond donors (Lipinski definition) is 0. The van der Waals surface area contributed by atoms with Gasteiger partial charge in [-0.15, -0.1) is 0 Å². The first-order valence-electron chi connectivity index (χ1n) is 2.83. The second kappa shape index (κ2) is 4.07. The lowest BCUT2D eigenvalue weighted by atomic mass is 10.2. The Balaban J connectivity index is 3.46. The van der Waals surface area contributed by atoms with Gasteiger partial charge < -0.3 is 0 Å². The monoisotopic (exact) mass is 452 g/mol. The molecule has 4 heteroatoms. The smallest absolute Gasteiger partial charge is 0.0358 e. The Kier molecular flexibility index (Phi) is 3.87. The SMILES string of the molecule is Cc1c(Br)c(Br)cc(Br)c1I. The van der Waals surface area contributed by atoms with Crippen LogP contribution in [0.2, 0.25) is 0 Å². The van der Waals surface area contributed by atoms with Crippen LogP contribution in [0.5, 0.6) is 0 Å². The van der Waals surface area contributed by atoms with Gasteiger partial charge in [-0.3, -0.25) is 0 Å². The van der Waals surface area contributed by atoms with Crippen molar-refractivity contribution in [2.24, 2.45) is 0 Å². The average molecular weight is 455 g/mol. The van der Waals surface area contributed by atoms with Gasteiger partial charge in [0.1, 0.15) is 0 Å². The minimum atomic E-state index is 1.09. The van der Waals surface area contributed by atoms with Crippen molar-refractivity contribution >= 4 is 70.4 Å². The van der Waals surface area contributed by atoms with Crippen LogP contribution < -0.4 is 0 Å². The highest BCUT2D eigenvalue weighted by molar-refractivity contribution is 14.1. The third-order valence-electron chi connectivity index (χ3n) is 1.33. The average Bonchev–Trinajstić information content (AvgIpc) is 1.97. The van der Waals surface area contributed by atoms with Gasteiger partial charge >= 0.3 is 0 Å². The first-order valence-corrected chi connectivity index (χ1v) is 6.29. The Morgan fingerprint density at radius 3 is 2.27 bits per heavy atom. The summed E-state index contributed by atoms with van der Waals surface area (Å²) < 4.78 is 4.59. The molecule has 0 spiro atoms. The normalized spacial score (nSPS) is 10.3. The highest BCUT2D eigenvalue weighted by Gasteiger charge is 2.07. The molecule has 11 heavy (non-hydrogen) atoms. The fourth-order valence-electron chi connectivity index (χ4n) is 0.693. The van der Waals surface area contributed by atoms with Crippen molar-refractivity contribution < 1.29 is 0 Å². The Morgan fingerprint density at radius 1 is 1.18 bits per heavy atom. The number of benzene rings is 1. The first-order chi connectivity index (χ1) is 5.04. The molecule has 0 amide bonds. The van der Waals surface area contributed by atoms with Crippen molar-refractivity contribution in [3.8, 4) is 0 Å². The lowest BCUT2D eigenvalue weighted by molar-refractivity contribution is 1.35. The summed E-state index contributed by atoms with van der Waals surface area (Å²) in [5, 5.41) is 0. The largest absolute Gasteiger partial charge is 0.0496 e.